The van der Waals surface area contributed by atoms with Crippen LogP contribution in [-0.2, 0) is 9.47 Å². The van der Waals surface area contributed by atoms with Gasteiger partial charge < -0.3 is 9.47 Å². The molecule has 2 saturated carbocycles. The van der Waals surface area contributed by atoms with Gasteiger partial charge in [-0.15, -0.1) is 0 Å². The lowest BCUT2D eigenvalue weighted by atomic mass is 9.63. The maximum absolute atomic E-state index is 6.41. The normalized spacial score (nSPS) is 50.5. The average Bonchev–Trinajstić information content (AvgIpc) is 2.58. The van der Waals surface area contributed by atoms with Gasteiger partial charge >= 0.3 is 0 Å². The van der Waals surface area contributed by atoms with E-state index in [2.05, 4.69) is 48.5 Å². The number of rotatable bonds is 1. The maximum Gasteiger partial charge on any atom is 0.164 e. The molecule has 2 aliphatic carbocycles. The molecule has 4 unspecified atom stereocenters. The van der Waals surface area contributed by atoms with Crippen molar-refractivity contribution in [2.45, 2.75) is 85.2 Å². The summed E-state index contributed by atoms with van der Waals surface area (Å²) in [7, 11) is 0. The molecule has 1 aliphatic heterocycles. The molecule has 110 valence electrons. The van der Waals surface area contributed by atoms with Crippen molar-refractivity contribution in [1.82, 2.24) is 0 Å². The first-order chi connectivity index (χ1) is 8.51. The van der Waals surface area contributed by atoms with Crippen LogP contribution in [0.25, 0.3) is 0 Å². The monoisotopic (exact) mass is 266 g/mol. The van der Waals surface area contributed by atoms with Gasteiger partial charge in [-0.2, -0.15) is 0 Å². The van der Waals surface area contributed by atoms with E-state index in [1.54, 1.807) is 0 Å². The zero-order valence-electron chi connectivity index (χ0n) is 13.7. The van der Waals surface area contributed by atoms with Gasteiger partial charge in [0.25, 0.3) is 0 Å². The van der Waals surface area contributed by atoms with Gasteiger partial charge in [0, 0.05) is 0 Å². The van der Waals surface area contributed by atoms with Crippen molar-refractivity contribution in [2.24, 2.45) is 22.7 Å². The Morgan fingerprint density at radius 2 is 1.63 bits per heavy atom. The van der Waals surface area contributed by atoms with Gasteiger partial charge in [0.2, 0.25) is 0 Å². The predicted octanol–water partition coefficient (Wildman–Crippen LogP) is 4.38. The van der Waals surface area contributed by atoms with Crippen LogP contribution in [0.5, 0.6) is 0 Å². The Bertz CT molecular complexity index is 398. The molecule has 0 N–H and O–H groups in total. The molecule has 4 atom stereocenters. The van der Waals surface area contributed by atoms with Crippen LogP contribution in [0.1, 0.15) is 67.7 Å². The molecular formula is C17H30O2. The number of hydrogen-bond donors (Lipinski definition) is 0. The molecular weight excluding hydrogens is 236 g/mol. The lowest BCUT2D eigenvalue weighted by Gasteiger charge is -2.47. The van der Waals surface area contributed by atoms with Crippen LogP contribution in [-0.4, -0.2) is 17.5 Å². The Labute approximate surface area is 118 Å². The van der Waals surface area contributed by atoms with Gasteiger partial charge in [0.1, 0.15) is 0 Å². The number of hydrogen-bond acceptors (Lipinski definition) is 2. The standard InChI is InChI=1S/C17H30O2/c1-11(2)17-8-12(14(3,4)10-17)16(7)13(9-17)18-15(5,6)19-16/h11-13H,8-10H2,1-7H3. The first kappa shape index (κ1) is 13.9. The molecule has 0 aromatic heterocycles. The van der Waals surface area contributed by atoms with Gasteiger partial charge in [-0.3, -0.25) is 0 Å². The maximum atomic E-state index is 6.41. The molecule has 0 aromatic carbocycles. The van der Waals surface area contributed by atoms with E-state index in [-0.39, 0.29) is 11.7 Å². The van der Waals surface area contributed by atoms with Gasteiger partial charge in [0.05, 0.1) is 11.7 Å². The molecule has 0 aromatic rings. The van der Waals surface area contributed by atoms with Crippen molar-refractivity contribution in [2.75, 3.05) is 0 Å². The second-order valence-electron chi connectivity index (χ2n) is 8.94. The molecule has 0 amide bonds. The smallest absolute Gasteiger partial charge is 0.164 e. The SMILES string of the molecule is CC(C)C12CC3OC(C)(C)OC3(C)C(C1)C(C)(C)C2. The second-order valence-corrected chi connectivity index (χ2v) is 8.94. The summed E-state index contributed by atoms with van der Waals surface area (Å²) in [5.74, 6) is 0.926. The average molecular weight is 266 g/mol. The van der Waals surface area contributed by atoms with E-state index in [0.717, 1.165) is 5.92 Å². The zero-order valence-corrected chi connectivity index (χ0v) is 13.7. The Hall–Kier alpha value is -0.0800. The third-order valence-corrected chi connectivity index (χ3v) is 6.40. The van der Waals surface area contributed by atoms with Crippen LogP contribution in [0.15, 0.2) is 0 Å². The minimum atomic E-state index is -0.419. The highest BCUT2D eigenvalue weighted by Crippen LogP contribution is 2.68. The van der Waals surface area contributed by atoms with Crippen molar-refractivity contribution in [3.63, 3.8) is 0 Å². The van der Waals surface area contributed by atoms with Gasteiger partial charge in [0.15, 0.2) is 5.79 Å². The van der Waals surface area contributed by atoms with E-state index in [1.165, 1.54) is 19.3 Å². The third-order valence-electron chi connectivity index (χ3n) is 6.40. The molecule has 3 fully saturated rings. The number of ether oxygens (including phenoxy) is 2. The minimum Gasteiger partial charge on any atom is -0.344 e. The minimum absolute atomic E-state index is 0.0953. The fourth-order valence-corrected chi connectivity index (χ4v) is 5.58. The Balaban J connectivity index is 2.03. The van der Waals surface area contributed by atoms with Crippen molar-refractivity contribution in [3.8, 4) is 0 Å². The summed E-state index contributed by atoms with van der Waals surface area (Å²) in [6, 6.07) is 0. The van der Waals surface area contributed by atoms with Gasteiger partial charge in [-0.05, 0) is 62.7 Å². The van der Waals surface area contributed by atoms with Gasteiger partial charge in [-0.1, -0.05) is 27.7 Å². The van der Waals surface area contributed by atoms with Crippen molar-refractivity contribution in [3.05, 3.63) is 0 Å². The highest BCUT2D eigenvalue weighted by molar-refractivity contribution is 5.16. The lowest BCUT2D eigenvalue weighted by Crippen LogP contribution is -2.52. The van der Waals surface area contributed by atoms with E-state index >= 15 is 0 Å². The largest absolute Gasteiger partial charge is 0.344 e. The van der Waals surface area contributed by atoms with E-state index in [4.69, 9.17) is 9.47 Å². The summed E-state index contributed by atoms with van der Waals surface area (Å²) >= 11 is 0. The molecule has 2 heteroatoms. The highest BCUT2D eigenvalue weighted by Gasteiger charge is 2.68. The van der Waals surface area contributed by atoms with Crippen LogP contribution in [0.2, 0.25) is 0 Å². The van der Waals surface area contributed by atoms with Crippen LogP contribution in [0.4, 0.5) is 0 Å². The predicted molar refractivity (Wildman–Crippen MR) is 76.8 cm³/mol. The molecule has 3 aliphatic rings. The van der Waals surface area contributed by atoms with Crippen molar-refractivity contribution in [1.29, 1.82) is 0 Å². The third kappa shape index (κ3) is 1.75. The van der Waals surface area contributed by atoms with Crippen LogP contribution in [0.3, 0.4) is 0 Å². The van der Waals surface area contributed by atoms with E-state index in [1.807, 2.05) is 0 Å². The summed E-state index contributed by atoms with van der Waals surface area (Å²) in [6.45, 7) is 16.1. The summed E-state index contributed by atoms with van der Waals surface area (Å²) in [4.78, 5) is 0. The van der Waals surface area contributed by atoms with Crippen LogP contribution >= 0.6 is 0 Å². The van der Waals surface area contributed by atoms with E-state index < -0.39 is 5.79 Å². The lowest BCUT2D eigenvalue weighted by molar-refractivity contribution is -0.175. The highest BCUT2D eigenvalue weighted by atomic mass is 16.8. The van der Waals surface area contributed by atoms with Crippen LogP contribution in [0, 0.1) is 22.7 Å². The van der Waals surface area contributed by atoms with Crippen LogP contribution < -0.4 is 0 Å². The fourth-order valence-electron chi connectivity index (χ4n) is 5.58. The first-order valence-electron chi connectivity index (χ1n) is 7.89. The molecule has 2 nitrogen and oxygen atoms in total. The molecule has 0 spiro atoms. The summed E-state index contributed by atoms with van der Waals surface area (Å²) in [5, 5.41) is 0. The summed E-state index contributed by atoms with van der Waals surface area (Å²) in [5.41, 5.74) is 0.724. The number of fused-ring (bicyclic) bond motifs is 4. The summed E-state index contributed by atoms with van der Waals surface area (Å²) in [6.07, 6.45) is 4.07. The Morgan fingerprint density at radius 3 is 2.21 bits per heavy atom. The molecule has 0 radical (unpaired) electrons. The fraction of sp³-hybridized carbons (Fsp3) is 1.00. The molecule has 19 heavy (non-hydrogen) atoms. The molecule has 2 bridgehead atoms. The quantitative estimate of drug-likeness (QED) is 0.701. The molecule has 1 heterocycles. The first-order valence-corrected chi connectivity index (χ1v) is 7.89. The van der Waals surface area contributed by atoms with E-state index in [0.29, 0.717) is 16.7 Å². The zero-order chi connectivity index (χ0) is 14.3. The summed E-state index contributed by atoms with van der Waals surface area (Å²) < 4.78 is 12.7. The second kappa shape index (κ2) is 3.57. The van der Waals surface area contributed by atoms with Gasteiger partial charge in [-0.25, -0.2) is 0 Å². The topological polar surface area (TPSA) is 18.5 Å². The molecule has 1 saturated heterocycles. The Kier molecular flexibility index (Phi) is 2.61. The molecule has 3 rings (SSSR count). The van der Waals surface area contributed by atoms with E-state index in [9.17, 15) is 0 Å². The Morgan fingerprint density at radius 1 is 1.00 bits per heavy atom. The van der Waals surface area contributed by atoms with Crippen molar-refractivity contribution < 1.29 is 9.47 Å². The van der Waals surface area contributed by atoms with Crippen molar-refractivity contribution >= 4 is 0 Å².